The minimum Gasteiger partial charge on any atom is -0.380 e. The van der Waals surface area contributed by atoms with Crippen molar-refractivity contribution in [2.24, 2.45) is 0 Å². The molecule has 0 spiro atoms. The van der Waals surface area contributed by atoms with Crippen molar-refractivity contribution >= 4 is 5.82 Å². The fourth-order valence-corrected chi connectivity index (χ4v) is 1.85. The quantitative estimate of drug-likeness (QED) is 0.749. The topological polar surface area (TPSA) is 82.5 Å². The number of hydrogen-bond donors (Lipinski definition) is 1. The Labute approximate surface area is 109 Å². The van der Waals surface area contributed by atoms with Crippen LogP contribution in [0.2, 0.25) is 0 Å². The number of benzene rings is 1. The molecule has 94 valence electrons. The zero-order valence-corrected chi connectivity index (χ0v) is 10.4. The van der Waals surface area contributed by atoms with E-state index in [4.69, 9.17) is 5.73 Å². The molecule has 2 N–H and O–H groups in total. The van der Waals surface area contributed by atoms with Gasteiger partial charge in [-0.3, -0.25) is 0 Å². The average Bonchev–Trinajstić information content (AvgIpc) is 2.94. The third-order valence-corrected chi connectivity index (χ3v) is 2.81. The second kappa shape index (κ2) is 4.49. The van der Waals surface area contributed by atoms with Crippen molar-refractivity contribution < 1.29 is 0 Å². The van der Waals surface area contributed by atoms with Gasteiger partial charge in [-0.2, -0.15) is 10.2 Å². The summed E-state index contributed by atoms with van der Waals surface area (Å²) in [5, 5.41) is 8.06. The van der Waals surface area contributed by atoms with E-state index < -0.39 is 0 Å². The highest BCUT2D eigenvalue weighted by Gasteiger charge is 2.10. The van der Waals surface area contributed by atoms with Crippen molar-refractivity contribution in [3.8, 4) is 17.1 Å². The first-order valence-corrected chi connectivity index (χ1v) is 5.81. The molecule has 2 heterocycles. The van der Waals surface area contributed by atoms with E-state index in [0.29, 0.717) is 11.6 Å². The number of nitrogens with two attached hydrogens (primary N) is 1. The SMILES string of the molecule is Cc1ccccc1-c1cnc(N)c(-n2nccn2)n1. The zero-order valence-electron chi connectivity index (χ0n) is 10.4. The van der Waals surface area contributed by atoms with E-state index in [0.717, 1.165) is 16.8 Å². The smallest absolute Gasteiger partial charge is 0.217 e. The van der Waals surface area contributed by atoms with Crippen LogP contribution in [0.25, 0.3) is 17.1 Å². The molecule has 3 aromatic rings. The Hall–Kier alpha value is -2.76. The molecule has 0 fully saturated rings. The van der Waals surface area contributed by atoms with Crippen LogP contribution in [0.4, 0.5) is 5.82 Å². The summed E-state index contributed by atoms with van der Waals surface area (Å²) in [7, 11) is 0. The normalized spacial score (nSPS) is 10.6. The van der Waals surface area contributed by atoms with Gasteiger partial charge in [-0.1, -0.05) is 24.3 Å². The summed E-state index contributed by atoms with van der Waals surface area (Å²) in [5.74, 6) is 0.735. The third-order valence-electron chi connectivity index (χ3n) is 2.81. The summed E-state index contributed by atoms with van der Waals surface area (Å²) in [6.45, 7) is 2.03. The number of anilines is 1. The highest BCUT2D eigenvalue weighted by Crippen LogP contribution is 2.22. The van der Waals surface area contributed by atoms with E-state index in [1.807, 2.05) is 31.2 Å². The van der Waals surface area contributed by atoms with Gasteiger partial charge in [-0.15, -0.1) is 4.80 Å². The molecule has 0 amide bonds. The molecule has 0 aliphatic heterocycles. The molecular formula is C13H12N6. The van der Waals surface area contributed by atoms with Crippen LogP contribution < -0.4 is 5.73 Å². The Kier molecular flexibility index (Phi) is 2.68. The molecule has 0 saturated heterocycles. The summed E-state index contributed by atoms with van der Waals surface area (Å²) in [4.78, 5) is 10.0. The summed E-state index contributed by atoms with van der Waals surface area (Å²) >= 11 is 0. The zero-order chi connectivity index (χ0) is 13.2. The Balaban J connectivity index is 2.15. The predicted octanol–water partition coefficient (Wildman–Crippen LogP) is 1.61. The van der Waals surface area contributed by atoms with Crippen molar-refractivity contribution in [1.82, 2.24) is 25.0 Å². The Morgan fingerprint density at radius 2 is 1.84 bits per heavy atom. The first kappa shape index (κ1) is 11.3. The molecular weight excluding hydrogens is 240 g/mol. The van der Waals surface area contributed by atoms with Gasteiger partial charge < -0.3 is 5.73 Å². The van der Waals surface area contributed by atoms with Gasteiger partial charge in [0.1, 0.15) is 0 Å². The van der Waals surface area contributed by atoms with E-state index in [2.05, 4.69) is 20.2 Å². The lowest BCUT2D eigenvalue weighted by Gasteiger charge is -2.07. The van der Waals surface area contributed by atoms with Gasteiger partial charge in [0.15, 0.2) is 5.82 Å². The number of nitrogens with zero attached hydrogens (tertiary/aromatic N) is 5. The molecule has 0 aliphatic rings. The second-order valence-electron chi connectivity index (χ2n) is 4.10. The summed E-state index contributed by atoms with van der Waals surface area (Å²) in [6.07, 6.45) is 4.80. The highest BCUT2D eigenvalue weighted by molar-refractivity contribution is 5.65. The Bertz CT molecular complexity index is 705. The van der Waals surface area contributed by atoms with Crippen LogP contribution in [-0.2, 0) is 0 Å². The summed E-state index contributed by atoms with van der Waals surface area (Å²) in [6, 6.07) is 7.97. The lowest BCUT2D eigenvalue weighted by Crippen LogP contribution is -2.08. The van der Waals surface area contributed by atoms with Crippen LogP contribution >= 0.6 is 0 Å². The van der Waals surface area contributed by atoms with Crippen LogP contribution in [0.5, 0.6) is 0 Å². The van der Waals surface area contributed by atoms with Crippen molar-refractivity contribution in [3.05, 3.63) is 48.4 Å². The standard InChI is InChI=1S/C13H12N6/c1-9-4-2-3-5-10(9)11-8-15-12(14)13(18-11)19-16-6-7-17-19/h2-8H,1H3,(H2,14,15). The van der Waals surface area contributed by atoms with Crippen LogP contribution in [0.3, 0.4) is 0 Å². The van der Waals surface area contributed by atoms with E-state index >= 15 is 0 Å². The molecule has 6 nitrogen and oxygen atoms in total. The van der Waals surface area contributed by atoms with E-state index in [9.17, 15) is 0 Å². The predicted molar refractivity (Wildman–Crippen MR) is 71.5 cm³/mol. The van der Waals surface area contributed by atoms with Gasteiger partial charge in [0, 0.05) is 5.56 Å². The lowest BCUT2D eigenvalue weighted by atomic mass is 10.1. The van der Waals surface area contributed by atoms with E-state index in [1.165, 1.54) is 4.80 Å². The summed E-state index contributed by atoms with van der Waals surface area (Å²) < 4.78 is 0. The lowest BCUT2D eigenvalue weighted by molar-refractivity contribution is 0.728. The monoisotopic (exact) mass is 252 g/mol. The maximum Gasteiger partial charge on any atom is 0.217 e. The number of aromatic nitrogens is 5. The minimum absolute atomic E-state index is 0.300. The number of rotatable bonds is 2. The molecule has 0 saturated carbocycles. The summed E-state index contributed by atoms with van der Waals surface area (Å²) in [5.41, 5.74) is 8.71. The van der Waals surface area contributed by atoms with E-state index in [1.54, 1.807) is 18.6 Å². The van der Waals surface area contributed by atoms with Crippen LogP contribution in [0.15, 0.2) is 42.9 Å². The molecule has 2 aromatic heterocycles. The molecule has 0 aliphatic carbocycles. The number of hydrogen-bond acceptors (Lipinski definition) is 5. The maximum absolute atomic E-state index is 5.82. The van der Waals surface area contributed by atoms with Gasteiger partial charge >= 0.3 is 0 Å². The Morgan fingerprint density at radius 3 is 2.58 bits per heavy atom. The van der Waals surface area contributed by atoms with Gasteiger partial charge in [0.05, 0.1) is 24.3 Å². The molecule has 0 radical (unpaired) electrons. The first-order chi connectivity index (χ1) is 9.25. The van der Waals surface area contributed by atoms with Crippen LogP contribution in [-0.4, -0.2) is 25.0 Å². The third kappa shape index (κ3) is 2.03. The van der Waals surface area contributed by atoms with Crippen LogP contribution in [0.1, 0.15) is 5.56 Å². The molecule has 3 rings (SSSR count). The van der Waals surface area contributed by atoms with Crippen molar-refractivity contribution in [2.45, 2.75) is 6.92 Å². The molecule has 1 aromatic carbocycles. The largest absolute Gasteiger partial charge is 0.380 e. The van der Waals surface area contributed by atoms with Gasteiger partial charge in [0.2, 0.25) is 5.82 Å². The number of aryl methyl sites for hydroxylation is 1. The Morgan fingerprint density at radius 1 is 1.11 bits per heavy atom. The van der Waals surface area contributed by atoms with Crippen molar-refractivity contribution in [1.29, 1.82) is 0 Å². The van der Waals surface area contributed by atoms with Gasteiger partial charge in [0.25, 0.3) is 0 Å². The molecule has 0 unspecified atom stereocenters. The second-order valence-corrected chi connectivity index (χ2v) is 4.10. The van der Waals surface area contributed by atoms with Crippen LogP contribution in [0, 0.1) is 6.92 Å². The van der Waals surface area contributed by atoms with Gasteiger partial charge in [-0.05, 0) is 12.5 Å². The fourth-order valence-electron chi connectivity index (χ4n) is 1.85. The molecule has 6 heteroatoms. The average molecular weight is 252 g/mol. The fraction of sp³-hybridized carbons (Fsp3) is 0.0769. The number of nitrogen functional groups attached to an aromatic ring is 1. The molecule has 19 heavy (non-hydrogen) atoms. The molecule has 0 atom stereocenters. The van der Waals surface area contributed by atoms with Gasteiger partial charge in [-0.25, -0.2) is 9.97 Å². The first-order valence-electron chi connectivity index (χ1n) is 5.81. The minimum atomic E-state index is 0.300. The van der Waals surface area contributed by atoms with Crippen molar-refractivity contribution in [2.75, 3.05) is 5.73 Å². The van der Waals surface area contributed by atoms with Crippen molar-refractivity contribution in [3.63, 3.8) is 0 Å². The maximum atomic E-state index is 5.82. The highest BCUT2D eigenvalue weighted by atomic mass is 15.5. The molecule has 0 bridgehead atoms. The van der Waals surface area contributed by atoms with E-state index in [-0.39, 0.29) is 0 Å².